The molecule has 0 saturated carbocycles. The van der Waals surface area contributed by atoms with Crippen LogP contribution in [-0.4, -0.2) is 19.1 Å². The van der Waals surface area contributed by atoms with Gasteiger partial charge in [0.15, 0.2) is 0 Å². The number of carbonyl (C=O) groups is 1. The zero-order chi connectivity index (χ0) is 11.3. The first kappa shape index (κ1) is 11.8. The average molecular weight is 273 g/mol. The topological polar surface area (TPSA) is 64.3 Å². The van der Waals surface area contributed by atoms with E-state index >= 15 is 0 Å². The van der Waals surface area contributed by atoms with E-state index in [0.29, 0.717) is 12.3 Å². The quantitative estimate of drug-likeness (QED) is 0.650. The molecule has 0 bridgehead atoms. The molecule has 1 rings (SSSR count). The summed E-state index contributed by atoms with van der Waals surface area (Å²) in [5.74, 6) is -0.277. The fourth-order valence-electron chi connectivity index (χ4n) is 1.05. The van der Waals surface area contributed by atoms with Crippen LogP contribution in [0.25, 0.3) is 0 Å². The normalized spacial score (nSPS) is 9.73. The van der Waals surface area contributed by atoms with Crippen LogP contribution in [0.1, 0.15) is 6.92 Å². The van der Waals surface area contributed by atoms with Gasteiger partial charge in [0.05, 0.1) is 6.61 Å². The molecule has 0 aromatic heterocycles. The Morgan fingerprint density at radius 3 is 2.93 bits per heavy atom. The molecule has 0 amide bonds. The number of halogens is 1. The van der Waals surface area contributed by atoms with Gasteiger partial charge in [0.25, 0.3) is 0 Å². The lowest BCUT2D eigenvalue weighted by Crippen LogP contribution is -2.16. The first-order valence-electron chi connectivity index (χ1n) is 4.58. The summed E-state index contributed by atoms with van der Waals surface area (Å²) in [6, 6.07) is 5.34. The van der Waals surface area contributed by atoms with Gasteiger partial charge >= 0.3 is 5.97 Å². The van der Waals surface area contributed by atoms with Gasteiger partial charge in [-0.05, 0) is 41.1 Å². The molecule has 3 N–H and O–H groups in total. The van der Waals surface area contributed by atoms with Crippen molar-refractivity contribution in [3.63, 3.8) is 0 Å². The second-order valence-corrected chi connectivity index (χ2v) is 3.75. The van der Waals surface area contributed by atoms with E-state index in [1.807, 2.05) is 0 Å². The Morgan fingerprint density at radius 1 is 1.60 bits per heavy atom. The maximum Gasteiger partial charge on any atom is 0.325 e. The summed E-state index contributed by atoms with van der Waals surface area (Å²) in [5.41, 5.74) is 7.07. The number of anilines is 2. The van der Waals surface area contributed by atoms with Crippen molar-refractivity contribution in [1.82, 2.24) is 0 Å². The van der Waals surface area contributed by atoms with Crippen molar-refractivity contribution in [2.45, 2.75) is 6.92 Å². The van der Waals surface area contributed by atoms with Crippen LogP contribution in [0.2, 0.25) is 0 Å². The summed E-state index contributed by atoms with van der Waals surface area (Å²) >= 11 is 3.34. The molecule has 0 aliphatic carbocycles. The summed E-state index contributed by atoms with van der Waals surface area (Å²) < 4.78 is 5.61. The predicted molar refractivity (Wildman–Crippen MR) is 63.7 cm³/mol. The lowest BCUT2D eigenvalue weighted by atomic mass is 10.3. The highest BCUT2D eigenvalue weighted by molar-refractivity contribution is 9.10. The average Bonchev–Trinajstić information content (AvgIpc) is 2.17. The highest BCUT2D eigenvalue weighted by Crippen LogP contribution is 2.24. The van der Waals surface area contributed by atoms with Gasteiger partial charge in [-0.25, -0.2) is 0 Å². The van der Waals surface area contributed by atoms with Gasteiger partial charge in [-0.15, -0.1) is 0 Å². The summed E-state index contributed by atoms with van der Waals surface area (Å²) in [6.07, 6.45) is 0. The van der Waals surface area contributed by atoms with Gasteiger partial charge < -0.3 is 15.8 Å². The number of benzene rings is 1. The molecular weight excluding hydrogens is 260 g/mol. The molecule has 0 heterocycles. The largest absolute Gasteiger partial charge is 0.465 e. The van der Waals surface area contributed by atoms with Gasteiger partial charge in [0, 0.05) is 15.8 Å². The standard InChI is InChI=1S/C10H13BrN2O2/c1-2-15-10(14)6-13-9-4-3-7(12)5-8(9)11/h3-5,13H,2,6,12H2,1H3. The van der Waals surface area contributed by atoms with Gasteiger partial charge in [0.1, 0.15) is 6.54 Å². The number of rotatable bonds is 4. The molecule has 0 aliphatic heterocycles. The summed E-state index contributed by atoms with van der Waals surface area (Å²) in [6.45, 7) is 2.32. The van der Waals surface area contributed by atoms with Crippen molar-refractivity contribution in [1.29, 1.82) is 0 Å². The molecule has 0 radical (unpaired) electrons. The maximum absolute atomic E-state index is 11.1. The number of nitrogens with two attached hydrogens (primary N) is 1. The van der Waals surface area contributed by atoms with Gasteiger partial charge in [-0.3, -0.25) is 4.79 Å². The molecule has 0 aliphatic rings. The summed E-state index contributed by atoms with van der Waals surface area (Å²) in [4.78, 5) is 11.1. The number of nitrogen functional groups attached to an aromatic ring is 1. The van der Waals surface area contributed by atoms with Crippen molar-refractivity contribution in [2.24, 2.45) is 0 Å². The first-order valence-corrected chi connectivity index (χ1v) is 5.37. The molecule has 0 atom stereocenters. The Bertz CT molecular complexity index is 355. The molecular formula is C10H13BrN2O2. The van der Waals surface area contributed by atoms with E-state index in [1.165, 1.54) is 0 Å². The maximum atomic E-state index is 11.1. The van der Waals surface area contributed by atoms with E-state index in [2.05, 4.69) is 21.2 Å². The molecule has 1 aromatic rings. The Morgan fingerprint density at radius 2 is 2.33 bits per heavy atom. The third kappa shape index (κ3) is 3.79. The van der Waals surface area contributed by atoms with E-state index in [9.17, 15) is 4.79 Å². The lowest BCUT2D eigenvalue weighted by Gasteiger charge is -2.08. The molecule has 0 fully saturated rings. The molecule has 0 spiro atoms. The fraction of sp³-hybridized carbons (Fsp3) is 0.300. The van der Waals surface area contributed by atoms with Crippen LogP contribution in [-0.2, 0) is 9.53 Å². The molecule has 0 saturated heterocycles. The van der Waals surface area contributed by atoms with Crippen LogP contribution >= 0.6 is 15.9 Å². The smallest absolute Gasteiger partial charge is 0.325 e. The number of hydrogen-bond acceptors (Lipinski definition) is 4. The highest BCUT2D eigenvalue weighted by atomic mass is 79.9. The van der Waals surface area contributed by atoms with Crippen molar-refractivity contribution in [3.8, 4) is 0 Å². The fourth-order valence-corrected chi connectivity index (χ4v) is 1.59. The second kappa shape index (κ2) is 5.60. The monoisotopic (exact) mass is 272 g/mol. The van der Waals surface area contributed by atoms with Crippen LogP contribution in [0.15, 0.2) is 22.7 Å². The Balaban J connectivity index is 2.54. The zero-order valence-corrected chi connectivity index (χ0v) is 10.0. The Kier molecular flexibility index (Phi) is 4.42. The number of hydrogen-bond donors (Lipinski definition) is 2. The minimum absolute atomic E-state index is 0.149. The summed E-state index contributed by atoms with van der Waals surface area (Å²) in [5, 5.41) is 2.95. The molecule has 82 valence electrons. The van der Waals surface area contributed by atoms with Gasteiger partial charge in [-0.1, -0.05) is 0 Å². The Hall–Kier alpha value is -1.23. The molecule has 0 unspecified atom stereocenters. The van der Waals surface area contributed by atoms with E-state index in [0.717, 1.165) is 10.2 Å². The van der Waals surface area contributed by atoms with E-state index in [4.69, 9.17) is 10.5 Å². The highest BCUT2D eigenvalue weighted by Gasteiger charge is 2.03. The van der Waals surface area contributed by atoms with Crippen LogP contribution in [0.4, 0.5) is 11.4 Å². The third-order valence-corrected chi connectivity index (χ3v) is 2.38. The summed E-state index contributed by atoms with van der Waals surface area (Å²) in [7, 11) is 0. The SMILES string of the molecule is CCOC(=O)CNc1ccc(N)cc1Br. The Labute approximate surface area is 96.9 Å². The molecule has 15 heavy (non-hydrogen) atoms. The van der Waals surface area contributed by atoms with Crippen LogP contribution in [0.5, 0.6) is 0 Å². The van der Waals surface area contributed by atoms with Gasteiger partial charge in [0.2, 0.25) is 0 Å². The van der Waals surface area contributed by atoms with Crippen molar-refractivity contribution < 1.29 is 9.53 Å². The van der Waals surface area contributed by atoms with Crippen molar-refractivity contribution >= 4 is 33.3 Å². The third-order valence-electron chi connectivity index (χ3n) is 1.72. The minimum Gasteiger partial charge on any atom is -0.465 e. The van der Waals surface area contributed by atoms with Crippen molar-refractivity contribution in [3.05, 3.63) is 22.7 Å². The van der Waals surface area contributed by atoms with Crippen LogP contribution < -0.4 is 11.1 Å². The van der Waals surface area contributed by atoms with Gasteiger partial charge in [-0.2, -0.15) is 0 Å². The zero-order valence-electron chi connectivity index (χ0n) is 8.42. The van der Waals surface area contributed by atoms with Crippen LogP contribution in [0, 0.1) is 0 Å². The molecule has 1 aromatic carbocycles. The van der Waals surface area contributed by atoms with Crippen molar-refractivity contribution in [2.75, 3.05) is 24.2 Å². The molecule has 4 nitrogen and oxygen atoms in total. The molecule has 5 heteroatoms. The number of carbonyl (C=O) groups excluding carboxylic acids is 1. The number of ether oxygens (including phenoxy) is 1. The van der Waals surface area contributed by atoms with E-state index in [-0.39, 0.29) is 12.5 Å². The minimum atomic E-state index is -0.277. The first-order chi connectivity index (χ1) is 7.13. The second-order valence-electron chi connectivity index (χ2n) is 2.90. The number of esters is 1. The van der Waals surface area contributed by atoms with E-state index in [1.54, 1.807) is 25.1 Å². The van der Waals surface area contributed by atoms with E-state index < -0.39 is 0 Å². The van der Waals surface area contributed by atoms with Crippen LogP contribution in [0.3, 0.4) is 0 Å². The number of nitrogens with one attached hydrogen (secondary N) is 1. The lowest BCUT2D eigenvalue weighted by molar-refractivity contribution is -0.140. The predicted octanol–water partition coefficient (Wildman–Crippen LogP) is 2.01.